The van der Waals surface area contributed by atoms with Gasteiger partial charge in [0.1, 0.15) is 24.5 Å². The Kier molecular flexibility index (Phi) is 6.16. The minimum Gasteiger partial charge on any atom is -0.491 e. The van der Waals surface area contributed by atoms with Crippen molar-refractivity contribution in [2.24, 2.45) is 5.92 Å². The number of carbonyl (C=O) groups excluding carboxylic acids is 1. The van der Waals surface area contributed by atoms with Gasteiger partial charge in [-0.05, 0) is 68.4 Å². The van der Waals surface area contributed by atoms with E-state index in [1.165, 1.54) is 0 Å². The molecule has 7 nitrogen and oxygen atoms in total. The average molecular weight is 460 g/mol. The van der Waals surface area contributed by atoms with Gasteiger partial charge in [0.2, 0.25) is 0 Å². The Bertz CT molecular complexity index is 1230. The number of anilines is 1. The molecule has 5 rings (SSSR count). The number of hydrogen-bond donors (Lipinski definition) is 1. The van der Waals surface area contributed by atoms with Gasteiger partial charge in [0.05, 0.1) is 23.4 Å². The van der Waals surface area contributed by atoms with Crippen LogP contribution in [0.5, 0.6) is 5.75 Å². The van der Waals surface area contributed by atoms with Crippen LogP contribution < -0.4 is 10.1 Å². The van der Waals surface area contributed by atoms with Crippen LogP contribution in [0.15, 0.2) is 42.5 Å². The van der Waals surface area contributed by atoms with Crippen molar-refractivity contribution in [1.82, 2.24) is 4.57 Å². The minimum atomic E-state index is -0.432. The van der Waals surface area contributed by atoms with Crippen molar-refractivity contribution in [2.75, 3.05) is 25.6 Å². The van der Waals surface area contributed by atoms with Crippen LogP contribution in [0.2, 0.25) is 0 Å². The zero-order chi connectivity index (χ0) is 23.7. The molecule has 0 radical (unpaired) electrons. The summed E-state index contributed by atoms with van der Waals surface area (Å²) in [5.41, 5.74) is 4.17. The van der Waals surface area contributed by atoms with Gasteiger partial charge in [-0.3, -0.25) is 5.32 Å². The molecular weight excluding hydrogens is 430 g/mol. The maximum absolute atomic E-state index is 12.2. The SMILES string of the molecule is COCCOc1ccc2c(C#N)c(-c3ccc(NC(=O)O[C@H](C)C4CC4)cc3)n(C3CC3)c2c1. The van der Waals surface area contributed by atoms with Crippen LogP contribution in [0.4, 0.5) is 10.5 Å². The Morgan fingerprint density at radius 3 is 2.56 bits per heavy atom. The standard InChI is InChI=1S/C27H29N3O4/c1-17(18-3-4-18)34-27(31)29-20-7-5-19(6-8-20)26-24(16-28)23-12-11-22(33-14-13-32-2)15-25(23)30(26)21-9-10-21/h5-8,11-12,15,17-18,21H,3-4,9-10,13-14H2,1-2H3,(H,29,31)/t17-/m1/s1. The van der Waals surface area contributed by atoms with E-state index in [9.17, 15) is 10.1 Å². The van der Waals surface area contributed by atoms with E-state index >= 15 is 0 Å². The maximum atomic E-state index is 12.2. The summed E-state index contributed by atoms with van der Waals surface area (Å²) in [7, 11) is 1.65. The first kappa shape index (κ1) is 22.3. The predicted octanol–water partition coefficient (Wildman–Crippen LogP) is 5.89. The second kappa shape index (κ2) is 9.40. The Morgan fingerprint density at radius 1 is 1.15 bits per heavy atom. The quantitative estimate of drug-likeness (QED) is 0.404. The van der Waals surface area contributed by atoms with E-state index in [-0.39, 0.29) is 6.10 Å². The van der Waals surface area contributed by atoms with Crippen LogP contribution in [0.3, 0.4) is 0 Å². The number of benzene rings is 2. The van der Waals surface area contributed by atoms with Gasteiger partial charge in [0.15, 0.2) is 0 Å². The molecule has 34 heavy (non-hydrogen) atoms. The lowest BCUT2D eigenvalue weighted by Gasteiger charge is -2.14. The van der Waals surface area contributed by atoms with Crippen molar-refractivity contribution >= 4 is 22.7 Å². The minimum absolute atomic E-state index is 0.0601. The second-order valence-corrected chi connectivity index (χ2v) is 9.11. The molecule has 3 aromatic rings. The van der Waals surface area contributed by atoms with Gasteiger partial charge >= 0.3 is 6.09 Å². The number of carbonyl (C=O) groups is 1. The lowest BCUT2D eigenvalue weighted by molar-refractivity contribution is 0.108. The van der Waals surface area contributed by atoms with E-state index in [1.54, 1.807) is 7.11 Å². The highest BCUT2D eigenvalue weighted by molar-refractivity contribution is 5.96. The number of fused-ring (bicyclic) bond motifs is 1. The summed E-state index contributed by atoms with van der Waals surface area (Å²) in [6.45, 7) is 2.93. The predicted molar refractivity (Wildman–Crippen MR) is 130 cm³/mol. The number of aromatic nitrogens is 1. The normalized spacial score (nSPS) is 16.1. The molecule has 2 saturated carbocycles. The molecule has 1 amide bonds. The molecule has 7 heteroatoms. The third kappa shape index (κ3) is 4.59. The van der Waals surface area contributed by atoms with Crippen molar-refractivity contribution in [1.29, 1.82) is 5.26 Å². The first-order chi connectivity index (χ1) is 16.6. The van der Waals surface area contributed by atoms with Crippen LogP contribution >= 0.6 is 0 Å². The molecule has 0 bridgehead atoms. The highest BCUT2D eigenvalue weighted by Crippen LogP contribution is 2.45. The molecule has 1 heterocycles. The molecule has 2 aromatic carbocycles. The molecule has 0 saturated heterocycles. The lowest BCUT2D eigenvalue weighted by Crippen LogP contribution is -2.21. The Hall–Kier alpha value is -3.50. The number of methoxy groups -OCH3 is 1. The molecule has 176 valence electrons. The van der Waals surface area contributed by atoms with E-state index in [2.05, 4.69) is 16.0 Å². The zero-order valence-electron chi connectivity index (χ0n) is 19.5. The number of nitrogens with one attached hydrogen (secondary N) is 1. The summed E-state index contributed by atoms with van der Waals surface area (Å²) in [6, 6.07) is 16.3. The molecule has 1 aromatic heterocycles. The van der Waals surface area contributed by atoms with Gasteiger partial charge in [-0.15, -0.1) is 0 Å². The van der Waals surface area contributed by atoms with Gasteiger partial charge in [0, 0.05) is 30.3 Å². The van der Waals surface area contributed by atoms with Crippen LogP contribution in [-0.2, 0) is 9.47 Å². The van der Waals surface area contributed by atoms with Crippen molar-refractivity contribution < 1.29 is 19.0 Å². The largest absolute Gasteiger partial charge is 0.491 e. The van der Waals surface area contributed by atoms with E-state index in [0.717, 1.165) is 53.6 Å². The fraction of sp³-hybridized carbons (Fsp3) is 0.407. The number of nitrogens with zero attached hydrogens (tertiary/aromatic N) is 2. The fourth-order valence-corrected chi connectivity index (χ4v) is 4.42. The third-order valence-electron chi connectivity index (χ3n) is 6.54. The summed E-state index contributed by atoms with van der Waals surface area (Å²) in [6.07, 6.45) is 3.93. The summed E-state index contributed by atoms with van der Waals surface area (Å²) in [5, 5.41) is 13.8. The van der Waals surface area contributed by atoms with Crippen LogP contribution in [0, 0.1) is 17.2 Å². The summed E-state index contributed by atoms with van der Waals surface area (Å²) < 4.78 is 18.6. The first-order valence-corrected chi connectivity index (χ1v) is 11.9. The Balaban J connectivity index is 1.43. The van der Waals surface area contributed by atoms with E-state index in [4.69, 9.17) is 14.2 Å². The molecule has 2 fully saturated rings. The van der Waals surface area contributed by atoms with Crippen LogP contribution in [0.25, 0.3) is 22.2 Å². The molecule has 0 unspecified atom stereocenters. The molecule has 0 spiro atoms. The van der Waals surface area contributed by atoms with Crippen molar-refractivity contribution in [2.45, 2.75) is 44.8 Å². The third-order valence-corrected chi connectivity index (χ3v) is 6.54. The Morgan fingerprint density at radius 2 is 1.91 bits per heavy atom. The summed E-state index contributed by atoms with van der Waals surface area (Å²) in [5.74, 6) is 1.26. The number of ether oxygens (including phenoxy) is 3. The van der Waals surface area contributed by atoms with Crippen LogP contribution in [-0.4, -0.2) is 37.1 Å². The molecule has 1 atom stereocenters. The highest BCUT2D eigenvalue weighted by atomic mass is 16.6. The monoisotopic (exact) mass is 459 g/mol. The summed E-state index contributed by atoms with van der Waals surface area (Å²) in [4.78, 5) is 12.2. The molecule has 2 aliphatic carbocycles. The van der Waals surface area contributed by atoms with Crippen LogP contribution in [0.1, 0.15) is 44.2 Å². The highest BCUT2D eigenvalue weighted by Gasteiger charge is 2.32. The van der Waals surface area contributed by atoms with Crippen molar-refractivity contribution in [3.05, 3.63) is 48.0 Å². The number of amides is 1. The average Bonchev–Trinajstić information content (AvgIpc) is 3.75. The first-order valence-electron chi connectivity index (χ1n) is 11.9. The van der Waals surface area contributed by atoms with Gasteiger partial charge in [-0.25, -0.2) is 4.79 Å². The summed E-state index contributed by atoms with van der Waals surface area (Å²) >= 11 is 0. The van der Waals surface area contributed by atoms with Gasteiger partial charge in [-0.1, -0.05) is 12.1 Å². The van der Waals surface area contributed by atoms with Gasteiger partial charge in [0.25, 0.3) is 0 Å². The maximum Gasteiger partial charge on any atom is 0.411 e. The zero-order valence-corrected chi connectivity index (χ0v) is 19.5. The molecular formula is C27H29N3O4. The number of nitriles is 1. The molecule has 2 aliphatic rings. The van der Waals surface area contributed by atoms with E-state index < -0.39 is 6.09 Å². The van der Waals surface area contributed by atoms with E-state index in [1.807, 2.05) is 49.4 Å². The second-order valence-electron chi connectivity index (χ2n) is 9.11. The van der Waals surface area contributed by atoms with Gasteiger partial charge < -0.3 is 18.8 Å². The molecule has 0 aliphatic heterocycles. The number of rotatable bonds is 9. The smallest absolute Gasteiger partial charge is 0.411 e. The van der Waals surface area contributed by atoms with E-state index in [0.29, 0.717) is 36.4 Å². The van der Waals surface area contributed by atoms with Crippen molar-refractivity contribution in [3.63, 3.8) is 0 Å². The van der Waals surface area contributed by atoms with Gasteiger partial charge in [-0.2, -0.15) is 5.26 Å². The fourth-order valence-electron chi connectivity index (χ4n) is 4.42. The van der Waals surface area contributed by atoms with Crippen molar-refractivity contribution in [3.8, 4) is 23.1 Å². The molecule has 1 N–H and O–H groups in total. The topological polar surface area (TPSA) is 85.5 Å². The Labute approximate surface area is 199 Å². The lowest BCUT2D eigenvalue weighted by atomic mass is 10.1. The number of hydrogen-bond acceptors (Lipinski definition) is 5.